The quantitative estimate of drug-likeness (QED) is 0.641. The summed E-state index contributed by atoms with van der Waals surface area (Å²) in [6.07, 6.45) is 4.85. The fraction of sp³-hybridized carbons (Fsp3) is 0.900. The fourth-order valence-corrected chi connectivity index (χ4v) is 1.75. The third kappa shape index (κ3) is 2.83. The molecule has 0 bridgehead atoms. The molecule has 0 amide bonds. The molecule has 1 saturated heterocycles. The van der Waals surface area contributed by atoms with Crippen LogP contribution in [-0.4, -0.2) is 24.5 Å². The van der Waals surface area contributed by atoms with Crippen molar-refractivity contribution in [3.8, 4) is 6.07 Å². The van der Waals surface area contributed by atoms with E-state index in [1.165, 1.54) is 32.4 Å². The number of hydrogen-bond acceptors (Lipinski definition) is 2. The molecule has 0 N–H and O–H groups in total. The van der Waals surface area contributed by atoms with Gasteiger partial charge in [-0.15, -0.1) is 0 Å². The van der Waals surface area contributed by atoms with E-state index in [1.54, 1.807) is 0 Å². The summed E-state index contributed by atoms with van der Waals surface area (Å²) in [5, 5.41) is 8.76. The number of piperidine rings is 1. The second-order valence-corrected chi connectivity index (χ2v) is 3.62. The van der Waals surface area contributed by atoms with Crippen LogP contribution in [0.15, 0.2) is 0 Å². The van der Waals surface area contributed by atoms with Crippen LogP contribution >= 0.6 is 0 Å². The first-order chi connectivity index (χ1) is 5.86. The first-order valence-electron chi connectivity index (χ1n) is 4.98. The molecule has 1 aliphatic rings. The van der Waals surface area contributed by atoms with E-state index in [-0.39, 0.29) is 0 Å². The molecular weight excluding hydrogens is 148 g/mol. The predicted octanol–water partition coefficient (Wildman–Crippen LogP) is 2.02. The van der Waals surface area contributed by atoms with Crippen molar-refractivity contribution in [2.45, 2.75) is 32.6 Å². The summed E-state index contributed by atoms with van der Waals surface area (Å²) in [5.41, 5.74) is 0. The van der Waals surface area contributed by atoms with Crippen molar-refractivity contribution in [1.82, 2.24) is 4.90 Å². The highest BCUT2D eigenvalue weighted by molar-refractivity contribution is 4.88. The Bertz CT molecular complexity index is 160. The summed E-state index contributed by atoms with van der Waals surface area (Å²) in [6.45, 7) is 5.62. The third-order valence-electron chi connectivity index (χ3n) is 2.52. The lowest BCUT2D eigenvalue weighted by Gasteiger charge is -2.29. The fourth-order valence-electron chi connectivity index (χ4n) is 1.75. The van der Waals surface area contributed by atoms with Gasteiger partial charge in [0.2, 0.25) is 0 Å². The van der Waals surface area contributed by atoms with Crippen LogP contribution in [0.2, 0.25) is 0 Å². The number of likely N-dealkylation sites (tertiary alicyclic amines) is 1. The van der Waals surface area contributed by atoms with E-state index < -0.39 is 0 Å². The molecule has 0 radical (unpaired) electrons. The Balaban J connectivity index is 2.22. The lowest BCUT2D eigenvalue weighted by atomic mass is 9.99. The van der Waals surface area contributed by atoms with Crippen LogP contribution in [0.5, 0.6) is 0 Å². The molecule has 0 spiro atoms. The van der Waals surface area contributed by atoms with Crippen LogP contribution in [0.1, 0.15) is 32.6 Å². The zero-order valence-corrected chi connectivity index (χ0v) is 7.92. The number of hydrogen-bond donors (Lipinski definition) is 0. The van der Waals surface area contributed by atoms with Gasteiger partial charge in [-0.2, -0.15) is 5.26 Å². The average Bonchev–Trinajstić information content (AvgIpc) is 2.15. The molecule has 0 saturated carbocycles. The second-order valence-electron chi connectivity index (χ2n) is 3.62. The van der Waals surface area contributed by atoms with Gasteiger partial charge in [0.15, 0.2) is 0 Å². The number of nitrogens with zero attached hydrogens (tertiary/aromatic N) is 2. The summed E-state index contributed by atoms with van der Waals surface area (Å²) >= 11 is 0. The zero-order valence-electron chi connectivity index (χ0n) is 7.92. The minimum atomic E-state index is 0.301. The number of unbranched alkanes of at least 4 members (excludes halogenated alkanes) is 1. The number of nitriles is 1. The highest BCUT2D eigenvalue weighted by Gasteiger charge is 2.18. The van der Waals surface area contributed by atoms with E-state index in [0.717, 1.165) is 13.0 Å². The van der Waals surface area contributed by atoms with Gasteiger partial charge in [-0.1, -0.05) is 13.3 Å². The zero-order chi connectivity index (χ0) is 8.81. The molecule has 2 nitrogen and oxygen atoms in total. The van der Waals surface area contributed by atoms with Gasteiger partial charge < -0.3 is 4.90 Å². The molecule has 2 heteroatoms. The van der Waals surface area contributed by atoms with Gasteiger partial charge in [0.25, 0.3) is 0 Å². The average molecular weight is 166 g/mol. The smallest absolute Gasteiger partial charge is 0.0669 e. The minimum absolute atomic E-state index is 0.301. The van der Waals surface area contributed by atoms with Crippen molar-refractivity contribution in [3.05, 3.63) is 0 Å². The first kappa shape index (κ1) is 9.54. The van der Waals surface area contributed by atoms with E-state index in [9.17, 15) is 0 Å². The first-order valence-corrected chi connectivity index (χ1v) is 4.98. The van der Waals surface area contributed by atoms with Crippen LogP contribution in [0.25, 0.3) is 0 Å². The van der Waals surface area contributed by atoms with Crippen LogP contribution in [0.3, 0.4) is 0 Å². The van der Waals surface area contributed by atoms with Gasteiger partial charge in [-0.3, -0.25) is 0 Å². The Labute approximate surface area is 75.2 Å². The van der Waals surface area contributed by atoms with Crippen molar-refractivity contribution in [2.24, 2.45) is 5.92 Å². The van der Waals surface area contributed by atoms with Gasteiger partial charge in [0, 0.05) is 6.54 Å². The summed E-state index contributed by atoms with van der Waals surface area (Å²) in [4.78, 5) is 2.43. The molecule has 0 aliphatic carbocycles. The van der Waals surface area contributed by atoms with E-state index in [1.807, 2.05) is 0 Å². The topological polar surface area (TPSA) is 27.0 Å². The van der Waals surface area contributed by atoms with Crippen LogP contribution in [0.4, 0.5) is 0 Å². The highest BCUT2D eigenvalue weighted by Crippen LogP contribution is 2.15. The maximum Gasteiger partial charge on any atom is 0.0669 e. The SMILES string of the molecule is CCCCN1CCCC(C#N)C1. The summed E-state index contributed by atoms with van der Waals surface area (Å²) < 4.78 is 0. The molecule has 12 heavy (non-hydrogen) atoms. The monoisotopic (exact) mass is 166 g/mol. The largest absolute Gasteiger partial charge is 0.302 e. The lowest BCUT2D eigenvalue weighted by molar-refractivity contribution is 0.197. The minimum Gasteiger partial charge on any atom is -0.302 e. The molecule has 1 unspecified atom stereocenters. The Morgan fingerprint density at radius 3 is 3.08 bits per heavy atom. The van der Waals surface area contributed by atoms with Crippen molar-refractivity contribution in [2.75, 3.05) is 19.6 Å². The van der Waals surface area contributed by atoms with Gasteiger partial charge >= 0.3 is 0 Å². The van der Waals surface area contributed by atoms with Crippen molar-refractivity contribution in [3.63, 3.8) is 0 Å². The maximum absolute atomic E-state index is 8.76. The van der Waals surface area contributed by atoms with Gasteiger partial charge in [-0.05, 0) is 32.4 Å². The molecule has 0 aromatic rings. The molecule has 1 atom stereocenters. The Morgan fingerprint density at radius 2 is 2.42 bits per heavy atom. The van der Waals surface area contributed by atoms with Crippen molar-refractivity contribution >= 4 is 0 Å². The summed E-state index contributed by atoms with van der Waals surface area (Å²) in [7, 11) is 0. The Kier molecular flexibility index (Phi) is 4.10. The predicted molar refractivity (Wildman–Crippen MR) is 49.7 cm³/mol. The van der Waals surface area contributed by atoms with E-state index in [2.05, 4.69) is 17.9 Å². The molecule has 1 aliphatic heterocycles. The normalized spacial score (nSPS) is 25.2. The molecular formula is C10H18N2. The molecule has 68 valence electrons. The molecule has 1 heterocycles. The van der Waals surface area contributed by atoms with Gasteiger partial charge in [0.05, 0.1) is 12.0 Å². The Hall–Kier alpha value is -0.550. The molecule has 1 rings (SSSR count). The molecule has 0 aromatic carbocycles. The number of rotatable bonds is 3. The van der Waals surface area contributed by atoms with Crippen LogP contribution in [0, 0.1) is 17.2 Å². The third-order valence-corrected chi connectivity index (χ3v) is 2.52. The molecule has 0 aromatic heterocycles. The summed E-state index contributed by atoms with van der Waals surface area (Å²) in [5.74, 6) is 0.301. The van der Waals surface area contributed by atoms with Crippen LogP contribution < -0.4 is 0 Å². The van der Waals surface area contributed by atoms with Crippen molar-refractivity contribution < 1.29 is 0 Å². The van der Waals surface area contributed by atoms with E-state index in [4.69, 9.17) is 5.26 Å². The summed E-state index contributed by atoms with van der Waals surface area (Å²) in [6, 6.07) is 2.37. The highest BCUT2D eigenvalue weighted by atomic mass is 15.1. The second kappa shape index (κ2) is 5.16. The van der Waals surface area contributed by atoms with E-state index >= 15 is 0 Å². The lowest BCUT2D eigenvalue weighted by Crippen LogP contribution is -2.35. The standard InChI is InChI=1S/C10H18N2/c1-2-3-6-12-7-4-5-10(8-11)9-12/h10H,2-7,9H2,1H3. The maximum atomic E-state index is 8.76. The molecule has 1 fully saturated rings. The van der Waals surface area contributed by atoms with Gasteiger partial charge in [-0.25, -0.2) is 0 Å². The van der Waals surface area contributed by atoms with Crippen LogP contribution in [-0.2, 0) is 0 Å². The Morgan fingerprint density at radius 1 is 1.58 bits per heavy atom. The van der Waals surface area contributed by atoms with Gasteiger partial charge in [0.1, 0.15) is 0 Å². The van der Waals surface area contributed by atoms with Crippen molar-refractivity contribution in [1.29, 1.82) is 5.26 Å². The van der Waals surface area contributed by atoms with E-state index in [0.29, 0.717) is 5.92 Å².